The molecule has 1 aliphatic heterocycles. The van der Waals surface area contributed by atoms with Crippen molar-refractivity contribution in [1.82, 2.24) is 5.32 Å². The van der Waals surface area contributed by atoms with E-state index in [2.05, 4.69) is 27.3 Å². The molecule has 1 N–H and O–H groups in total. The molecular formula is C28H17BrCl2N2O4. The van der Waals surface area contributed by atoms with E-state index in [1.165, 1.54) is 18.2 Å². The molecule has 1 fully saturated rings. The number of nitrogens with zero attached hydrogens (tertiary/aromatic N) is 1. The average molecular weight is 596 g/mol. The summed E-state index contributed by atoms with van der Waals surface area (Å²) in [5.74, 6) is -1.14. The minimum atomic E-state index is -0.842. The van der Waals surface area contributed by atoms with Gasteiger partial charge in [-0.1, -0.05) is 59.6 Å². The number of hydrogen-bond donors (Lipinski definition) is 1. The van der Waals surface area contributed by atoms with E-state index in [0.717, 1.165) is 21.2 Å². The zero-order valence-electron chi connectivity index (χ0n) is 19.0. The van der Waals surface area contributed by atoms with Crippen LogP contribution in [0.2, 0.25) is 10.0 Å². The highest BCUT2D eigenvalue weighted by Gasteiger charge is 2.36. The number of ether oxygens (including phenoxy) is 1. The van der Waals surface area contributed by atoms with Gasteiger partial charge in [-0.25, -0.2) is 9.69 Å². The highest BCUT2D eigenvalue weighted by Crippen LogP contribution is 2.36. The number of carbonyl (C=O) groups excluding carboxylic acids is 3. The zero-order chi connectivity index (χ0) is 26.1. The number of fused-ring (bicyclic) bond motifs is 1. The van der Waals surface area contributed by atoms with Gasteiger partial charge in [0.1, 0.15) is 12.2 Å². The molecule has 0 radical (unpaired) electrons. The lowest BCUT2D eigenvalue weighted by molar-refractivity contribution is -0.122. The Hall–Kier alpha value is -3.65. The highest BCUT2D eigenvalue weighted by atomic mass is 79.9. The minimum Gasteiger partial charge on any atom is -0.486 e. The number of hydrogen-bond acceptors (Lipinski definition) is 4. The molecule has 6 nitrogen and oxygen atoms in total. The Morgan fingerprint density at radius 3 is 2.35 bits per heavy atom. The van der Waals surface area contributed by atoms with Crippen LogP contribution in [-0.4, -0.2) is 17.8 Å². The number of amides is 4. The van der Waals surface area contributed by atoms with E-state index in [0.29, 0.717) is 27.4 Å². The molecule has 0 atom stereocenters. The third-order valence-corrected chi connectivity index (χ3v) is 6.84. The smallest absolute Gasteiger partial charge is 0.335 e. The van der Waals surface area contributed by atoms with Gasteiger partial charge in [0.05, 0.1) is 15.2 Å². The molecule has 0 aliphatic carbocycles. The van der Waals surface area contributed by atoms with Gasteiger partial charge in [0.25, 0.3) is 11.8 Å². The first kappa shape index (κ1) is 25.0. The molecule has 9 heteroatoms. The van der Waals surface area contributed by atoms with Crippen molar-refractivity contribution in [3.05, 3.63) is 110 Å². The maximum absolute atomic E-state index is 13.1. The van der Waals surface area contributed by atoms with Crippen molar-refractivity contribution in [1.29, 1.82) is 0 Å². The van der Waals surface area contributed by atoms with Crippen molar-refractivity contribution in [2.75, 3.05) is 4.90 Å². The summed E-state index contributed by atoms with van der Waals surface area (Å²) in [5.41, 5.74) is 1.51. The lowest BCUT2D eigenvalue weighted by Crippen LogP contribution is -2.54. The first-order valence-corrected chi connectivity index (χ1v) is 12.6. The van der Waals surface area contributed by atoms with E-state index < -0.39 is 17.8 Å². The lowest BCUT2D eigenvalue weighted by Gasteiger charge is -2.26. The summed E-state index contributed by atoms with van der Waals surface area (Å²) in [4.78, 5) is 38.9. The van der Waals surface area contributed by atoms with Crippen LogP contribution in [0.25, 0.3) is 16.8 Å². The van der Waals surface area contributed by atoms with Gasteiger partial charge in [-0.2, -0.15) is 0 Å². The van der Waals surface area contributed by atoms with E-state index in [9.17, 15) is 14.4 Å². The number of anilines is 1. The van der Waals surface area contributed by atoms with Gasteiger partial charge in [0, 0.05) is 5.02 Å². The zero-order valence-corrected chi connectivity index (χ0v) is 22.1. The van der Waals surface area contributed by atoms with E-state index in [4.69, 9.17) is 27.9 Å². The number of halogens is 3. The van der Waals surface area contributed by atoms with E-state index >= 15 is 0 Å². The Balaban J connectivity index is 1.39. The number of rotatable bonds is 5. The lowest BCUT2D eigenvalue weighted by atomic mass is 10.1. The van der Waals surface area contributed by atoms with Gasteiger partial charge in [0.15, 0.2) is 5.75 Å². The van der Waals surface area contributed by atoms with Crippen LogP contribution in [0.4, 0.5) is 10.5 Å². The molecule has 0 saturated carbocycles. The molecule has 0 aromatic heterocycles. The van der Waals surface area contributed by atoms with Crippen LogP contribution in [-0.2, 0) is 16.2 Å². The van der Waals surface area contributed by atoms with Gasteiger partial charge in [-0.05, 0) is 86.4 Å². The predicted octanol–water partition coefficient (Wildman–Crippen LogP) is 7.15. The van der Waals surface area contributed by atoms with Crippen molar-refractivity contribution >= 4 is 79.5 Å². The SMILES string of the molecule is O=C1NC(=O)N(c2ccc(Cl)cc2)C(=O)/C1=C/c1cc(Cl)c(OCc2ccc3ccccc3c2)c(Br)c1. The molecule has 0 spiro atoms. The van der Waals surface area contributed by atoms with Crippen molar-refractivity contribution in [3.8, 4) is 5.75 Å². The fourth-order valence-corrected chi connectivity index (χ4v) is 5.05. The number of urea groups is 1. The summed E-state index contributed by atoms with van der Waals surface area (Å²) in [5, 5.41) is 5.17. The summed E-state index contributed by atoms with van der Waals surface area (Å²) in [6, 6.07) is 22.7. The maximum Gasteiger partial charge on any atom is 0.335 e. The Bertz CT molecular complexity index is 1580. The first-order valence-electron chi connectivity index (χ1n) is 11.1. The predicted molar refractivity (Wildman–Crippen MR) is 148 cm³/mol. The molecule has 0 bridgehead atoms. The molecule has 37 heavy (non-hydrogen) atoms. The monoisotopic (exact) mass is 594 g/mol. The van der Waals surface area contributed by atoms with Crippen molar-refractivity contribution in [2.24, 2.45) is 0 Å². The fraction of sp³-hybridized carbons (Fsp3) is 0.0357. The summed E-state index contributed by atoms with van der Waals surface area (Å²) in [6.45, 7) is 0.294. The van der Waals surface area contributed by atoms with Crippen LogP contribution in [0.1, 0.15) is 11.1 Å². The van der Waals surface area contributed by atoms with Gasteiger partial charge < -0.3 is 4.74 Å². The fourth-order valence-electron chi connectivity index (χ4n) is 3.93. The van der Waals surface area contributed by atoms with Crippen LogP contribution < -0.4 is 15.0 Å². The summed E-state index contributed by atoms with van der Waals surface area (Å²) >= 11 is 15.9. The number of imide groups is 2. The van der Waals surface area contributed by atoms with E-state index in [1.54, 1.807) is 24.3 Å². The molecule has 5 rings (SSSR count). The Morgan fingerprint density at radius 2 is 1.62 bits per heavy atom. The quantitative estimate of drug-likeness (QED) is 0.196. The topological polar surface area (TPSA) is 75.7 Å². The second-order valence-electron chi connectivity index (χ2n) is 8.22. The highest BCUT2D eigenvalue weighted by molar-refractivity contribution is 9.10. The van der Waals surface area contributed by atoms with Crippen LogP contribution >= 0.6 is 39.1 Å². The average Bonchev–Trinajstić information content (AvgIpc) is 2.87. The van der Waals surface area contributed by atoms with Crippen LogP contribution in [0.15, 0.2) is 88.9 Å². The molecular weight excluding hydrogens is 579 g/mol. The second-order valence-corrected chi connectivity index (χ2v) is 9.92. The van der Waals surface area contributed by atoms with Gasteiger partial charge in [-0.15, -0.1) is 0 Å². The molecule has 1 aliphatic rings. The number of benzene rings is 4. The molecule has 184 valence electrons. The Labute approximate surface area is 230 Å². The van der Waals surface area contributed by atoms with Crippen molar-refractivity contribution in [3.63, 3.8) is 0 Å². The first-order chi connectivity index (χ1) is 17.8. The number of carbonyl (C=O) groups is 3. The summed E-state index contributed by atoms with van der Waals surface area (Å²) in [7, 11) is 0. The Kier molecular flexibility index (Phi) is 7.02. The summed E-state index contributed by atoms with van der Waals surface area (Å²) in [6.07, 6.45) is 1.37. The molecule has 1 saturated heterocycles. The largest absolute Gasteiger partial charge is 0.486 e. The van der Waals surface area contributed by atoms with Gasteiger partial charge in [-0.3, -0.25) is 14.9 Å². The molecule has 4 aromatic carbocycles. The normalized spacial score (nSPS) is 14.8. The third kappa shape index (κ3) is 5.25. The van der Waals surface area contributed by atoms with Crippen LogP contribution in [0.5, 0.6) is 5.75 Å². The van der Waals surface area contributed by atoms with E-state index in [-0.39, 0.29) is 16.3 Å². The number of nitrogens with one attached hydrogen (secondary N) is 1. The maximum atomic E-state index is 13.1. The van der Waals surface area contributed by atoms with Gasteiger partial charge in [0.2, 0.25) is 0 Å². The second kappa shape index (κ2) is 10.4. The molecule has 1 heterocycles. The minimum absolute atomic E-state index is 0.220. The molecule has 4 amide bonds. The van der Waals surface area contributed by atoms with E-state index in [1.807, 2.05) is 36.4 Å². The Morgan fingerprint density at radius 1 is 0.892 bits per heavy atom. The number of barbiturate groups is 1. The molecule has 0 unspecified atom stereocenters. The summed E-state index contributed by atoms with van der Waals surface area (Å²) < 4.78 is 6.52. The van der Waals surface area contributed by atoms with Crippen molar-refractivity contribution < 1.29 is 19.1 Å². The molecule has 4 aromatic rings. The van der Waals surface area contributed by atoms with Gasteiger partial charge >= 0.3 is 6.03 Å². The van der Waals surface area contributed by atoms with Crippen LogP contribution in [0, 0.1) is 0 Å². The van der Waals surface area contributed by atoms with Crippen LogP contribution in [0.3, 0.4) is 0 Å². The standard InChI is InChI=1S/C28H17BrCl2N2O4/c29-23-13-17(12-22-26(34)32-28(36)33(27(22)35)21-9-7-20(30)8-10-21)14-24(31)25(23)37-15-16-5-6-18-3-1-2-4-19(18)11-16/h1-14H,15H2,(H,32,34,36)/b22-12+. The third-order valence-electron chi connectivity index (χ3n) is 5.72. The van der Waals surface area contributed by atoms with Crippen molar-refractivity contribution in [2.45, 2.75) is 6.61 Å².